The van der Waals surface area contributed by atoms with Gasteiger partial charge in [-0.2, -0.15) is 5.26 Å². The third-order valence-electron chi connectivity index (χ3n) is 5.35. The highest BCUT2D eigenvalue weighted by atomic mass is 35.5. The minimum absolute atomic E-state index is 0.0129. The summed E-state index contributed by atoms with van der Waals surface area (Å²) >= 11 is 6.43. The third kappa shape index (κ3) is 6.23. The molecule has 0 unspecified atom stereocenters. The summed E-state index contributed by atoms with van der Waals surface area (Å²) in [5.74, 6) is 0.603. The van der Waals surface area contributed by atoms with Gasteiger partial charge in [-0.05, 0) is 53.4 Å². The lowest BCUT2D eigenvalue weighted by atomic mass is 9.77. The summed E-state index contributed by atoms with van der Waals surface area (Å²) in [6, 6.07) is 15.0. The molecule has 0 atom stereocenters. The van der Waals surface area contributed by atoms with Crippen molar-refractivity contribution in [3.05, 3.63) is 81.6 Å². The average molecular weight is 501 g/mol. The normalized spacial score (nSPS) is 11.6. The Hall–Kier alpha value is -3.19. The maximum Gasteiger partial charge on any atom is 0.236 e. The maximum atomic E-state index is 11.4. The monoisotopic (exact) mass is 500 g/mol. The Morgan fingerprint density at radius 1 is 1.18 bits per heavy atom. The minimum Gasteiger partial charge on any atom is -0.487 e. The van der Waals surface area contributed by atoms with Gasteiger partial charge in [-0.3, -0.25) is 4.72 Å². The van der Waals surface area contributed by atoms with Crippen LogP contribution in [0.25, 0.3) is 0 Å². The molecule has 0 spiro atoms. The number of benzene rings is 2. The van der Waals surface area contributed by atoms with E-state index in [1.165, 1.54) is 6.20 Å². The van der Waals surface area contributed by atoms with E-state index in [1.807, 2.05) is 50.2 Å². The topological polar surface area (TPSA) is 125 Å². The van der Waals surface area contributed by atoms with Crippen LogP contribution in [-0.4, -0.2) is 36.4 Å². The first-order valence-electron chi connectivity index (χ1n) is 10.4. The molecule has 0 aliphatic heterocycles. The fourth-order valence-electron chi connectivity index (χ4n) is 3.45. The molecule has 178 valence electrons. The first-order chi connectivity index (χ1) is 16.0. The Labute approximate surface area is 204 Å². The number of rotatable bonds is 9. The molecule has 2 N–H and O–H groups in total. The van der Waals surface area contributed by atoms with Gasteiger partial charge in [0, 0.05) is 23.2 Å². The standard InChI is InChI=1S/C24H25ClN4O4S/c1-24(2,18-12-16(14-26)21(9-11-30)22(25)13-18)17-4-6-20(7-5-17)33-15-19-8-10-27-23(28-19)29-34(3,31)32/h4-8,10,12-13,30H,9,11,15H2,1-3H3,(H,27,28,29). The van der Waals surface area contributed by atoms with Crippen LogP contribution >= 0.6 is 11.6 Å². The molecule has 0 radical (unpaired) electrons. The second-order valence-corrected chi connectivity index (χ2v) is 10.4. The predicted octanol–water partition coefficient (Wildman–Crippen LogP) is 3.81. The first kappa shape index (κ1) is 25.4. The SMILES string of the molecule is CC(C)(c1ccc(OCc2ccnc(NS(C)(=O)=O)n2)cc1)c1cc(Cl)c(CCO)c(C#N)c1. The van der Waals surface area contributed by atoms with Crippen LogP contribution < -0.4 is 9.46 Å². The number of ether oxygens (including phenoxy) is 1. The van der Waals surface area contributed by atoms with Gasteiger partial charge in [-0.1, -0.05) is 37.6 Å². The Bertz CT molecular complexity index is 1320. The molecule has 3 aromatic rings. The highest BCUT2D eigenvalue weighted by Crippen LogP contribution is 2.36. The quantitative estimate of drug-likeness (QED) is 0.457. The van der Waals surface area contributed by atoms with E-state index in [1.54, 1.807) is 6.07 Å². The van der Waals surface area contributed by atoms with Crippen molar-refractivity contribution in [2.24, 2.45) is 0 Å². The van der Waals surface area contributed by atoms with Gasteiger partial charge in [0.2, 0.25) is 16.0 Å². The zero-order chi connectivity index (χ0) is 24.9. The fourth-order valence-corrected chi connectivity index (χ4v) is 4.19. The van der Waals surface area contributed by atoms with E-state index in [4.69, 9.17) is 16.3 Å². The number of hydrogen-bond donors (Lipinski definition) is 2. The summed E-state index contributed by atoms with van der Waals surface area (Å²) in [4.78, 5) is 8.02. The van der Waals surface area contributed by atoms with Crippen molar-refractivity contribution in [3.63, 3.8) is 0 Å². The molecule has 0 amide bonds. The van der Waals surface area contributed by atoms with Crippen molar-refractivity contribution >= 4 is 27.6 Å². The number of sulfonamides is 1. The Kier molecular flexibility index (Phi) is 7.77. The Balaban J connectivity index is 1.76. The molecule has 0 fully saturated rings. The van der Waals surface area contributed by atoms with E-state index in [-0.39, 0.29) is 19.2 Å². The van der Waals surface area contributed by atoms with Crippen LogP contribution in [0.4, 0.5) is 5.95 Å². The molecule has 0 saturated carbocycles. The van der Waals surface area contributed by atoms with Crippen molar-refractivity contribution in [1.29, 1.82) is 5.26 Å². The number of hydrogen-bond acceptors (Lipinski definition) is 7. The van der Waals surface area contributed by atoms with Gasteiger partial charge in [0.25, 0.3) is 0 Å². The van der Waals surface area contributed by atoms with E-state index in [9.17, 15) is 18.8 Å². The van der Waals surface area contributed by atoms with Crippen LogP contribution in [0.1, 0.15) is 41.8 Å². The molecule has 0 aliphatic rings. The second-order valence-electron chi connectivity index (χ2n) is 8.25. The summed E-state index contributed by atoms with van der Waals surface area (Å²) in [7, 11) is -3.47. The molecular formula is C24H25ClN4O4S. The molecule has 10 heteroatoms. The van der Waals surface area contributed by atoms with E-state index in [2.05, 4.69) is 20.8 Å². The van der Waals surface area contributed by atoms with E-state index in [0.717, 1.165) is 17.4 Å². The van der Waals surface area contributed by atoms with Crippen molar-refractivity contribution in [1.82, 2.24) is 9.97 Å². The maximum absolute atomic E-state index is 11.4. The second kappa shape index (κ2) is 10.4. The number of nitrogens with zero attached hydrogens (tertiary/aromatic N) is 3. The minimum atomic E-state index is -3.47. The molecular weight excluding hydrogens is 476 g/mol. The largest absolute Gasteiger partial charge is 0.487 e. The molecule has 1 aromatic heterocycles. The summed E-state index contributed by atoms with van der Waals surface area (Å²) < 4.78 is 30.7. The van der Waals surface area contributed by atoms with Crippen molar-refractivity contribution in [2.45, 2.75) is 32.3 Å². The van der Waals surface area contributed by atoms with Gasteiger partial charge >= 0.3 is 0 Å². The molecule has 0 saturated heterocycles. The number of halogens is 1. The number of aliphatic hydroxyl groups excluding tert-OH is 1. The summed E-state index contributed by atoms with van der Waals surface area (Å²) in [5, 5.41) is 19.3. The fraction of sp³-hybridized carbons (Fsp3) is 0.292. The smallest absolute Gasteiger partial charge is 0.236 e. The first-order valence-corrected chi connectivity index (χ1v) is 12.7. The highest BCUT2D eigenvalue weighted by molar-refractivity contribution is 7.91. The van der Waals surface area contributed by atoms with E-state index < -0.39 is 15.4 Å². The van der Waals surface area contributed by atoms with Crippen LogP contribution in [0.3, 0.4) is 0 Å². The van der Waals surface area contributed by atoms with Crippen LogP contribution in [0.2, 0.25) is 5.02 Å². The van der Waals surface area contributed by atoms with Crippen molar-refractivity contribution in [2.75, 3.05) is 17.6 Å². The van der Waals surface area contributed by atoms with Crippen LogP contribution in [0.5, 0.6) is 5.75 Å². The molecule has 0 bridgehead atoms. The summed E-state index contributed by atoms with van der Waals surface area (Å²) in [6.07, 6.45) is 2.81. The lowest BCUT2D eigenvalue weighted by Crippen LogP contribution is -2.19. The van der Waals surface area contributed by atoms with Gasteiger partial charge in [-0.15, -0.1) is 0 Å². The number of aromatic nitrogens is 2. The number of nitriles is 1. The molecule has 34 heavy (non-hydrogen) atoms. The van der Waals surface area contributed by atoms with Gasteiger partial charge in [0.15, 0.2) is 0 Å². The summed E-state index contributed by atoms with van der Waals surface area (Å²) in [5.41, 5.74) is 3.07. The lowest BCUT2D eigenvalue weighted by molar-refractivity contribution is 0.299. The van der Waals surface area contributed by atoms with Gasteiger partial charge in [0.05, 0.1) is 23.6 Å². The molecule has 2 aromatic carbocycles. The van der Waals surface area contributed by atoms with Crippen LogP contribution in [0.15, 0.2) is 48.7 Å². The van der Waals surface area contributed by atoms with Crippen LogP contribution in [-0.2, 0) is 28.5 Å². The molecule has 8 nitrogen and oxygen atoms in total. The van der Waals surface area contributed by atoms with Crippen molar-refractivity contribution in [3.8, 4) is 11.8 Å². The number of nitrogens with one attached hydrogen (secondary N) is 1. The predicted molar refractivity (Wildman–Crippen MR) is 130 cm³/mol. The zero-order valence-electron chi connectivity index (χ0n) is 19.0. The summed E-state index contributed by atoms with van der Waals surface area (Å²) in [6.45, 7) is 4.14. The molecule has 0 aliphatic carbocycles. The lowest BCUT2D eigenvalue weighted by Gasteiger charge is -2.27. The van der Waals surface area contributed by atoms with Gasteiger partial charge < -0.3 is 9.84 Å². The Morgan fingerprint density at radius 3 is 2.50 bits per heavy atom. The zero-order valence-corrected chi connectivity index (χ0v) is 20.6. The Morgan fingerprint density at radius 2 is 1.88 bits per heavy atom. The molecule has 3 rings (SSSR count). The van der Waals surface area contributed by atoms with E-state index in [0.29, 0.717) is 34.0 Å². The van der Waals surface area contributed by atoms with E-state index >= 15 is 0 Å². The van der Waals surface area contributed by atoms with Gasteiger partial charge in [0.1, 0.15) is 12.4 Å². The third-order valence-corrected chi connectivity index (χ3v) is 6.24. The number of aliphatic hydroxyl groups is 1. The van der Waals surface area contributed by atoms with Crippen molar-refractivity contribution < 1.29 is 18.3 Å². The van der Waals surface area contributed by atoms with Crippen LogP contribution in [0, 0.1) is 11.3 Å². The van der Waals surface area contributed by atoms with Gasteiger partial charge in [-0.25, -0.2) is 18.4 Å². The highest BCUT2D eigenvalue weighted by Gasteiger charge is 2.25. The number of anilines is 1. The molecule has 1 heterocycles. The average Bonchev–Trinajstić information content (AvgIpc) is 2.78.